The van der Waals surface area contributed by atoms with Crippen molar-refractivity contribution in [1.82, 2.24) is 5.32 Å². The number of thiophene rings is 1. The Bertz CT molecular complexity index is 380. The largest absolute Gasteiger partial charge is 0.309 e. The summed E-state index contributed by atoms with van der Waals surface area (Å²) in [5.41, 5.74) is 1.67. The molecular formula is C17H27NS. The van der Waals surface area contributed by atoms with E-state index < -0.39 is 0 Å². The van der Waals surface area contributed by atoms with Gasteiger partial charge in [0.05, 0.1) is 0 Å². The fourth-order valence-corrected chi connectivity index (χ4v) is 5.28. The van der Waals surface area contributed by atoms with Crippen LogP contribution in [0.4, 0.5) is 0 Å². The third-order valence-electron chi connectivity index (χ3n) is 4.87. The molecule has 1 unspecified atom stereocenters. The lowest BCUT2D eigenvalue weighted by Gasteiger charge is -2.30. The summed E-state index contributed by atoms with van der Waals surface area (Å²) in [6.45, 7) is 3.35. The van der Waals surface area contributed by atoms with Gasteiger partial charge in [0.1, 0.15) is 0 Å². The van der Waals surface area contributed by atoms with Gasteiger partial charge >= 0.3 is 0 Å². The Morgan fingerprint density at radius 1 is 1.16 bits per heavy atom. The molecule has 2 heteroatoms. The molecule has 3 rings (SSSR count). The Hall–Kier alpha value is -0.340. The van der Waals surface area contributed by atoms with Crippen LogP contribution < -0.4 is 5.32 Å². The molecule has 0 saturated heterocycles. The summed E-state index contributed by atoms with van der Waals surface area (Å²) in [5.74, 6) is 0.883. The third-order valence-corrected chi connectivity index (χ3v) is 6.19. The van der Waals surface area contributed by atoms with Crippen LogP contribution in [0.15, 0.2) is 6.07 Å². The highest BCUT2D eigenvalue weighted by Crippen LogP contribution is 2.40. The molecular weight excluding hydrogens is 250 g/mol. The molecule has 1 saturated carbocycles. The first-order valence-electron chi connectivity index (χ1n) is 8.23. The van der Waals surface area contributed by atoms with Crippen LogP contribution in [-0.4, -0.2) is 6.54 Å². The molecule has 0 radical (unpaired) electrons. The van der Waals surface area contributed by atoms with Gasteiger partial charge in [-0.2, -0.15) is 0 Å². The van der Waals surface area contributed by atoms with E-state index >= 15 is 0 Å². The van der Waals surface area contributed by atoms with Gasteiger partial charge in [-0.3, -0.25) is 0 Å². The zero-order valence-electron chi connectivity index (χ0n) is 12.2. The fourth-order valence-electron chi connectivity index (χ4n) is 3.85. The van der Waals surface area contributed by atoms with E-state index in [-0.39, 0.29) is 0 Å². The van der Waals surface area contributed by atoms with E-state index in [2.05, 4.69) is 29.6 Å². The molecule has 106 valence electrons. The molecule has 0 bridgehead atoms. The zero-order valence-corrected chi connectivity index (χ0v) is 13.0. The van der Waals surface area contributed by atoms with Gasteiger partial charge in [0.25, 0.3) is 0 Å². The van der Waals surface area contributed by atoms with Gasteiger partial charge in [-0.1, -0.05) is 26.2 Å². The molecule has 1 heterocycles. The Balaban J connectivity index is 1.80. The lowest BCUT2D eigenvalue weighted by atomic mass is 9.83. The maximum Gasteiger partial charge on any atom is 0.0443 e. The lowest BCUT2D eigenvalue weighted by molar-refractivity contribution is 0.277. The van der Waals surface area contributed by atoms with E-state index in [0.29, 0.717) is 6.04 Å². The minimum Gasteiger partial charge on any atom is -0.309 e. The summed E-state index contributed by atoms with van der Waals surface area (Å²) < 4.78 is 0. The third kappa shape index (κ3) is 3.05. The van der Waals surface area contributed by atoms with Gasteiger partial charge in [0.15, 0.2) is 0 Å². The van der Waals surface area contributed by atoms with E-state index in [9.17, 15) is 0 Å². The highest BCUT2D eigenvalue weighted by molar-refractivity contribution is 7.12. The number of aryl methyl sites for hydroxylation is 2. The predicted molar refractivity (Wildman–Crippen MR) is 84.0 cm³/mol. The minimum absolute atomic E-state index is 0.640. The van der Waals surface area contributed by atoms with Crippen LogP contribution in [0, 0.1) is 5.92 Å². The van der Waals surface area contributed by atoms with E-state index in [1.54, 1.807) is 15.3 Å². The molecule has 2 aliphatic carbocycles. The number of fused-ring (bicyclic) bond motifs is 1. The van der Waals surface area contributed by atoms with Crippen LogP contribution in [-0.2, 0) is 12.8 Å². The number of nitrogens with one attached hydrogen (secondary N) is 1. The second-order valence-electron chi connectivity index (χ2n) is 6.24. The first-order valence-corrected chi connectivity index (χ1v) is 9.05. The Labute approximate surface area is 121 Å². The number of hydrogen-bond acceptors (Lipinski definition) is 2. The maximum atomic E-state index is 3.79. The molecule has 1 fully saturated rings. The van der Waals surface area contributed by atoms with Crippen molar-refractivity contribution in [3.63, 3.8) is 0 Å². The molecule has 1 N–H and O–H groups in total. The van der Waals surface area contributed by atoms with Crippen molar-refractivity contribution in [2.24, 2.45) is 5.92 Å². The SMILES string of the molecule is CCNC(c1cc2c(s1)CCCC2)C1CCCCC1. The second-order valence-corrected chi connectivity index (χ2v) is 7.41. The van der Waals surface area contributed by atoms with Crippen LogP contribution in [0.3, 0.4) is 0 Å². The summed E-state index contributed by atoms with van der Waals surface area (Å²) in [4.78, 5) is 3.33. The fraction of sp³-hybridized carbons (Fsp3) is 0.765. The Kier molecular flexibility index (Phi) is 4.60. The van der Waals surface area contributed by atoms with Crippen molar-refractivity contribution in [1.29, 1.82) is 0 Å². The number of hydrogen-bond donors (Lipinski definition) is 1. The summed E-state index contributed by atoms with van der Waals surface area (Å²) in [6.07, 6.45) is 12.7. The van der Waals surface area contributed by atoms with Crippen molar-refractivity contribution >= 4 is 11.3 Å². The van der Waals surface area contributed by atoms with Gasteiger partial charge in [0, 0.05) is 15.8 Å². The van der Waals surface area contributed by atoms with Crippen LogP contribution in [0.2, 0.25) is 0 Å². The molecule has 0 amide bonds. The monoisotopic (exact) mass is 277 g/mol. The van der Waals surface area contributed by atoms with Crippen molar-refractivity contribution in [2.45, 2.75) is 70.8 Å². The molecule has 2 aliphatic rings. The van der Waals surface area contributed by atoms with Crippen molar-refractivity contribution in [2.75, 3.05) is 6.54 Å². The lowest BCUT2D eigenvalue weighted by Crippen LogP contribution is -2.28. The Morgan fingerprint density at radius 3 is 2.68 bits per heavy atom. The van der Waals surface area contributed by atoms with Crippen molar-refractivity contribution < 1.29 is 0 Å². The molecule has 1 aromatic heterocycles. The normalized spacial score (nSPS) is 22.2. The van der Waals surface area contributed by atoms with E-state index in [1.165, 1.54) is 57.8 Å². The van der Waals surface area contributed by atoms with Gasteiger partial charge < -0.3 is 5.32 Å². The van der Waals surface area contributed by atoms with Gasteiger partial charge in [-0.25, -0.2) is 0 Å². The second kappa shape index (κ2) is 6.41. The molecule has 0 spiro atoms. The smallest absolute Gasteiger partial charge is 0.0443 e. The van der Waals surface area contributed by atoms with E-state index in [0.717, 1.165) is 12.5 Å². The summed E-state index contributed by atoms with van der Waals surface area (Å²) >= 11 is 2.11. The average molecular weight is 277 g/mol. The van der Waals surface area contributed by atoms with Crippen molar-refractivity contribution in [3.05, 3.63) is 21.4 Å². The van der Waals surface area contributed by atoms with E-state index in [1.807, 2.05) is 0 Å². The van der Waals surface area contributed by atoms with Crippen LogP contribution in [0.1, 0.15) is 73.2 Å². The van der Waals surface area contributed by atoms with E-state index in [4.69, 9.17) is 0 Å². The molecule has 19 heavy (non-hydrogen) atoms. The highest BCUT2D eigenvalue weighted by atomic mass is 32.1. The van der Waals surface area contributed by atoms with Gasteiger partial charge in [0.2, 0.25) is 0 Å². The molecule has 1 nitrogen and oxygen atoms in total. The topological polar surface area (TPSA) is 12.0 Å². The molecule has 0 aliphatic heterocycles. The first-order chi connectivity index (χ1) is 9.38. The summed E-state index contributed by atoms with van der Waals surface area (Å²) in [5, 5.41) is 3.79. The van der Waals surface area contributed by atoms with Crippen LogP contribution in [0.25, 0.3) is 0 Å². The number of rotatable bonds is 4. The summed E-state index contributed by atoms with van der Waals surface area (Å²) in [7, 11) is 0. The van der Waals surface area contributed by atoms with Crippen molar-refractivity contribution in [3.8, 4) is 0 Å². The minimum atomic E-state index is 0.640. The maximum absolute atomic E-state index is 3.79. The van der Waals surface area contributed by atoms with Crippen LogP contribution in [0.5, 0.6) is 0 Å². The average Bonchev–Trinajstić information content (AvgIpc) is 2.89. The highest BCUT2D eigenvalue weighted by Gasteiger charge is 2.27. The molecule has 1 atom stereocenters. The van der Waals surface area contributed by atoms with Crippen LogP contribution >= 0.6 is 11.3 Å². The predicted octanol–water partition coefficient (Wildman–Crippen LogP) is 4.86. The quantitative estimate of drug-likeness (QED) is 0.829. The summed E-state index contributed by atoms with van der Waals surface area (Å²) in [6, 6.07) is 3.18. The molecule has 0 aromatic carbocycles. The first kappa shape index (κ1) is 13.6. The standard InChI is InChI=1S/C17H27NS/c1-2-18-17(13-8-4-3-5-9-13)16-12-14-10-6-7-11-15(14)19-16/h12-13,17-18H,2-11H2,1H3. The van der Waals surface area contributed by atoms with Gasteiger partial charge in [-0.15, -0.1) is 11.3 Å². The zero-order chi connectivity index (χ0) is 13.1. The molecule has 1 aromatic rings. The Morgan fingerprint density at radius 2 is 1.95 bits per heavy atom. The van der Waals surface area contributed by atoms with Gasteiger partial charge in [-0.05, 0) is 62.6 Å².